The van der Waals surface area contributed by atoms with Crippen LogP contribution in [0.4, 0.5) is 0 Å². The standard InChI is InChI=1S/C18H27ClO2/c1-3-4-5-6-16(20)13-7-9-14(10-8-13)18-12(2)15(19)11-17(18)21/h7-10,12,15-18,20-21H,3-6,11H2,1-2H3/t12-,15-,16?,17+,18?/m0/s1. The lowest BCUT2D eigenvalue weighted by Crippen LogP contribution is -2.16. The van der Waals surface area contributed by atoms with Crippen molar-refractivity contribution >= 4 is 11.6 Å². The third-order valence-corrected chi connectivity index (χ3v) is 5.38. The van der Waals surface area contributed by atoms with Crippen molar-refractivity contribution in [2.75, 3.05) is 0 Å². The molecule has 0 saturated heterocycles. The predicted octanol–water partition coefficient (Wildman–Crippen LogP) is 4.39. The predicted molar refractivity (Wildman–Crippen MR) is 87.7 cm³/mol. The molecule has 1 aliphatic rings. The highest BCUT2D eigenvalue weighted by molar-refractivity contribution is 6.21. The molecule has 2 unspecified atom stereocenters. The lowest BCUT2D eigenvalue weighted by Gasteiger charge is -2.21. The molecule has 0 aliphatic heterocycles. The van der Waals surface area contributed by atoms with Gasteiger partial charge in [-0.15, -0.1) is 11.6 Å². The molecule has 0 aromatic heterocycles. The van der Waals surface area contributed by atoms with Gasteiger partial charge >= 0.3 is 0 Å². The fourth-order valence-corrected chi connectivity index (χ4v) is 3.73. The molecule has 21 heavy (non-hydrogen) atoms. The van der Waals surface area contributed by atoms with Crippen LogP contribution in [0.5, 0.6) is 0 Å². The highest BCUT2D eigenvalue weighted by Crippen LogP contribution is 2.42. The number of hydrogen-bond acceptors (Lipinski definition) is 2. The number of alkyl halides is 1. The van der Waals surface area contributed by atoms with Crippen LogP contribution in [0, 0.1) is 5.92 Å². The maximum Gasteiger partial charge on any atom is 0.0790 e. The molecular formula is C18H27ClO2. The molecule has 1 fully saturated rings. The van der Waals surface area contributed by atoms with Crippen LogP contribution in [-0.4, -0.2) is 21.7 Å². The Labute approximate surface area is 133 Å². The lowest BCUT2D eigenvalue weighted by molar-refractivity contribution is 0.156. The zero-order valence-corrected chi connectivity index (χ0v) is 13.8. The first-order valence-corrected chi connectivity index (χ1v) is 8.58. The summed E-state index contributed by atoms with van der Waals surface area (Å²) in [5.41, 5.74) is 2.10. The summed E-state index contributed by atoms with van der Waals surface area (Å²) in [6, 6.07) is 8.06. The van der Waals surface area contributed by atoms with Crippen molar-refractivity contribution < 1.29 is 10.2 Å². The van der Waals surface area contributed by atoms with Crippen molar-refractivity contribution in [3.8, 4) is 0 Å². The largest absolute Gasteiger partial charge is 0.392 e. The molecule has 0 spiro atoms. The Morgan fingerprint density at radius 2 is 1.90 bits per heavy atom. The Bertz CT molecular complexity index is 431. The number of hydrogen-bond donors (Lipinski definition) is 2. The smallest absolute Gasteiger partial charge is 0.0790 e. The summed E-state index contributed by atoms with van der Waals surface area (Å²) >= 11 is 6.25. The van der Waals surface area contributed by atoms with Crippen LogP contribution < -0.4 is 0 Å². The van der Waals surface area contributed by atoms with Gasteiger partial charge in [0.25, 0.3) is 0 Å². The summed E-state index contributed by atoms with van der Waals surface area (Å²) in [6.07, 6.45) is 4.14. The molecular weight excluding hydrogens is 284 g/mol. The van der Waals surface area contributed by atoms with Gasteiger partial charge in [0.15, 0.2) is 0 Å². The molecule has 5 atom stereocenters. The van der Waals surface area contributed by atoms with E-state index in [1.165, 1.54) is 6.42 Å². The van der Waals surface area contributed by atoms with Gasteiger partial charge in [0, 0.05) is 11.3 Å². The van der Waals surface area contributed by atoms with Crippen molar-refractivity contribution in [3.63, 3.8) is 0 Å². The third kappa shape index (κ3) is 4.00. The number of benzene rings is 1. The van der Waals surface area contributed by atoms with Gasteiger partial charge < -0.3 is 10.2 Å². The van der Waals surface area contributed by atoms with E-state index in [1.54, 1.807) is 0 Å². The Balaban J connectivity index is 2.02. The Hall–Kier alpha value is -0.570. The van der Waals surface area contributed by atoms with Gasteiger partial charge in [0.05, 0.1) is 12.2 Å². The zero-order chi connectivity index (χ0) is 15.4. The Morgan fingerprint density at radius 1 is 1.24 bits per heavy atom. The van der Waals surface area contributed by atoms with E-state index in [0.29, 0.717) is 6.42 Å². The molecule has 0 heterocycles. The SMILES string of the molecule is CCCCCC(O)c1ccc(C2[C@H](O)C[C@H](Cl)[C@@H]2C)cc1. The van der Waals surface area contributed by atoms with Gasteiger partial charge in [-0.05, 0) is 29.9 Å². The maximum atomic E-state index is 10.2. The minimum absolute atomic E-state index is 0.0457. The second kappa shape index (κ2) is 7.62. The monoisotopic (exact) mass is 310 g/mol. The minimum atomic E-state index is -0.377. The number of aliphatic hydroxyl groups is 2. The summed E-state index contributed by atoms with van der Waals surface area (Å²) in [5, 5.41) is 20.4. The molecule has 0 bridgehead atoms. The van der Waals surface area contributed by atoms with Crippen LogP contribution in [0.25, 0.3) is 0 Å². The van der Waals surface area contributed by atoms with E-state index >= 15 is 0 Å². The highest BCUT2D eigenvalue weighted by atomic mass is 35.5. The zero-order valence-electron chi connectivity index (χ0n) is 13.0. The Kier molecular flexibility index (Phi) is 6.09. The van der Waals surface area contributed by atoms with E-state index in [4.69, 9.17) is 11.6 Å². The second-order valence-corrected chi connectivity index (χ2v) is 6.94. The van der Waals surface area contributed by atoms with E-state index in [-0.39, 0.29) is 29.4 Å². The molecule has 2 N–H and O–H groups in total. The average Bonchev–Trinajstić information content (AvgIpc) is 2.72. The molecule has 1 aromatic rings. The van der Waals surface area contributed by atoms with E-state index in [1.807, 2.05) is 24.3 Å². The van der Waals surface area contributed by atoms with Gasteiger partial charge in [-0.3, -0.25) is 0 Å². The first kappa shape index (κ1) is 16.8. The molecule has 3 heteroatoms. The fraction of sp³-hybridized carbons (Fsp3) is 0.667. The highest BCUT2D eigenvalue weighted by Gasteiger charge is 2.39. The summed E-state index contributed by atoms with van der Waals surface area (Å²) < 4.78 is 0. The van der Waals surface area contributed by atoms with Crippen LogP contribution in [0.15, 0.2) is 24.3 Å². The van der Waals surface area contributed by atoms with Crippen LogP contribution in [0.1, 0.15) is 69.1 Å². The van der Waals surface area contributed by atoms with Crippen molar-refractivity contribution in [1.82, 2.24) is 0 Å². The first-order chi connectivity index (χ1) is 10.0. The van der Waals surface area contributed by atoms with Crippen LogP contribution in [-0.2, 0) is 0 Å². The van der Waals surface area contributed by atoms with Gasteiger partial charge in [0.2, 0.25) is 0 Å². The van der Waals surface area contributed by atoms with Crippen LogP contribution in [0.3, 0.4) is 0 Å². The average molecular weight is 311 g/mol. The number of halogens is 1. The summed E-state index contributed by atoms with van der Waals surface area (Å²) in [6.45, 7) is 4.27. The number of aliphatic hydroxyl groups excluding tert-OH is 2. The lowest BCUT2D eigenvalue weighted by atomic mass is 9.88. The van der Waals surface area contributed by atoms with Gasteiger partial charge in [-0.1, -0.05) is 57.4 Å². The van der Waals surface area contributed by atoms with Crippen molar-refractivity contribution in [3.05, 3.63) is 35.4 Å². The topological polar surface area (TPSA) is 40.5 Å². The molecule has 2 rings (SSSR count). The van der Waals surface area contributed by atoms with Crippen LogP contribution in [0.2, 0.25) is 0 Å². The quantitative estimate of drug-likeness (QED) is 0.604. The molecule has 2 nitrogen and oxygen atoms in total. The Morgan fingerprint density at radius 3 is 2.43 bits per heavy atom. The number of unbranched alkanes of at least 4 members (excludes halogenated alkanes) is 2. The maximum absolute atomic E-state index is 10.2. The van der Waals surface area contributed by atoms with Crippen LogP contribution >= 0.6 is 11.6 Å². The summed E-state index contributed by atoms with van der Waals surface area (Å²) in [4.78, 5) is 0. The van der Waals surface area contributed by atoms with E-state index in [0.717, 1.165) is 30.4 Å². The molecule has 1 saturated carbocycles. The third-order valence-electron chi connectivity index (χ3n) is 4.81. The van der Waals surface area contributed by atoms with Gasteiger partial charge in [-0.2, -0.15) is 0 Å². The normalized spacial score (nSPS) is 30.5. The molecule has 0 amide bonds. The number of rotatable bonds is 6. The van der Waals surface area contributed by atoms with Gasteiger partial charge in [-0.25, -0.2) is 0 Å². The minimum Gasteiger partial charge on any atom is -0.392 e. The second-order valence-electron chi connectivity index (χ2n) is 6.38. The van der Waals surface area contributed by atoms with E-state index < -0.39 is 0 Å². The summed E-state index contributed by atoms with van der Waals surface area (Å²) in [7, 11) is 0. The van der Waals surface area contributed by atoms with Crippen molar-refractivity contribution in [1.29, 1.82) is 0 Å². The van der Waals surface area contributed by atoms with Crippen molar-refractivity contribution in [2.45, 2.75) is 69.5 Å². The van der Waals surface area contributed by atoms with E-state index in [9.17, 15) is 10.2 Å². The van der Waals surface area contributed by atoms with E-state index in [2.05, 4.69) is 13.8 Å². The van der Waals surface area contributed by atoms with Crippen molar-refractivity contribution in [2.24, 2.45) is 5.92 Å². The molecule has 1 aromatic carbocycles. The molecule has 1 aliphatic carbocycles. The molecule has 0 radical (unpaired) electrons. The first-order valence-electron chi connectivity index (χ1n) is 8.14. The fourth-order valence-electron chi connectivity index (χ4n) is 3.39. The van der Waals surface area contributed by atoms with Gasteiger partial charge in [0.1, 0.15) is 0 Å². The summed E-state index contributed by atoms with van der Waals surface area (Å²) in [5.74, 6) is 0.390. The molecule has 118 valence electrons.